The lowest BCUT2D eigenvalue weighted by molar-refractivity contribution is -0.286. The third kappa shape index (κ3) is 9.40. The van der Waals surface area contributed by atoms with E-state index in [9.17, 15) is 4.79 Å². The van der Waals surface area contributed by atoms with Crippen LogP contribution in [0.4, 0.5) is 0 Å². The first kappa shape index (κ1) is 31.7. The Labute approximate surface area is 263 Å². The number of nitrogens with zero attached hydrogens (tertiary/aromatic N) is 1. The summed E-state index contributed by atoms with van der Waals surface area (Å²) in [6.45, 7) is 3.02. The van der Waals surface area contributed by atoms with Crippen LogP contribution in [0.25, 0.3) is 0 Å². The average Bonchev–Trinajstić information content (AvgIpc) is 3.05. The molecule has 1 aliphatic heterocycles. The molecular formula is C35H37NO7S. The summed E-state index contributed by atoms with van der Waals surface area (Å²) >= 11 is 5.24. The van der Waals surface area contributed by atoms with Gasteiger partial charge in [-0.15, -0.1) is 0 Å². The van der Waals surface area contributed by atoms with Gasteiger partial charge in [-0.25, -0.2) is 4.79 Å². The molecule has 1 saturated heterocycles. The molecule has 5 rings (SSSR count). The van der Waals surface area contributed by atoms with Crippen LogP contribution in [0.2, 0.25) is 0 Å². The van der Waals surface area contributed by atoms with Gasteiger partial charge in [0, 0.05) is 12.6 Å². The van der Waals surface area contributed by atoms with Crippen molar-refractivity contribution in [3.63, 3.8) is 0 Å². The zero-order valence-electron chi connectivity index (χ0n) is 24.6. The molecule has 1 aromatic heterocycles. The fraction of sp³-hybridized carbons (Fsp3) is 0.314. The largest absolute Gasteiger partial charge is 0.374 e. The molecule has 1 fully saturated rings. The molecule has 0 bridgehead atoms. The molecule has 0 unspecified atom stereocenters. The lowest BCUT2D eigenvalue weighted by Gasteiger charge is -2.41. The smallest absolute Gasteiger partial charge is 0.361 e. The van der Waals surface area contributed by atoms with Crippen LogP contribution in [-0.4, -0.2) is 48.0 Å². The molecule has 0 N–H and O–H groups in total. The summed E-state index contributed by atoms with van der Waals surface area (Å²) in [4.78, 5) is 18.4. The van der Waals surface area contributed by atoms with Crippen molar-refractivity contribution in [2.75, 3.05) is 6.61 Å². The van der Waals surface area contributed by atoms with Crippen LogP contribution in [0.5, 0.6) is 0 Å². The highest BCUT2D eigenvalue weighted by Gasteiger charge is 2.42. The molecule has 2 heterocycles. The first-order valence-electron chi connectivity index (χ1n) is 14.7. The van der Waals surface area contributed by atoms with Gasteiger partial charge >= 0.3 is 5.97 Å². The van der Waals surface area contributed by atoms with E-state index in [-0.39, 0.29) is 6.61 Å². The maximum Gasteiger partial charge on any atom is 0.361 e. The third-order valence-electron chi connectivity index (χ3n) is 7.13. The van der Waals surface area contributed by atoms with Crippen LogP contribution in [0, 0.1) is 4.64 Å². The SMILES string of the molecule is C[C@H](O[C@@H]1C[C@@H](OCc2ccccc2)[C@H](OCc2ccccc2)[C@@H](COCc2ccccc2)O1)C(=O)On1ccccc1=S. The van der Waals surface area contributed by atoms with Gasteiger partial charge in [0.05, 0.1) is 32.5 Å². The summed E-state index contributed by atoms with van der Waals surface area (Å²) in [6.07, 6.45) is -1.20. The van der Waals surface area contributed by atoms with Crippen molar-refractivity contribution < 1.29 is 33.3 Å². The number of ether oxygens (including phenoxy) is 5. The minimum atomic E-state index is -0.940. The van der Waals surface area contributed by atoms with E-state index >= 15 is 0 Å². The first-order valence-corrected chi connectivity index (χ1v) is 15.1. The van der Waals surface area contributed by atoms with Crippen LogP contribution in [-0.2, 0) is 48.3 Å². The van der Waals surface area contributed by atoms with E-state index in [0.29, 0.717) is 30.9 Å². The van der Waals surface area contributed by atoms with E-state index in [1.54, 1.807) is 31.3 Å². The maximum atomic E-state index is 12.9. The predicted molar refractivity (Wildman–Crippen MR) is 167 cm³/mol. The topological polar surface area (TPSA) is 77.4 Å². The zero-order chi connectivity index (χ0) is 30.6. The highest BCUT2D eigenvalue weighted by atomic mass is 32.1. The average molecular weight is 616 g/mol. The van der Waals surface area contributed by atoms with Crippen molar-refractivity contribution in [3.05, 3.63) is 137 Å². The number of carbonyl (C=O) groups is 1. The number of hydrogen-bond donors (Lipinski definition) is 0. The molecular weight excluding hydrogens is 578 g/mol. The van der Waals surface area contributed by atoms with Gasteiger partial charge in [0.15, 0.2) is 12.4 Å². The molecule has 0 amide bonds. The summed E-state index contributed by atoms with van der Waals surface area (Å²) in [6, 6.07) is 35.0. The number of pyridine rings is 1. The summed E-state index contributed by atoms with van der Waals surface area (Å²) < 4.78 is 33.2. The second kappa shape index (κ2) is 16.4. The Bertz CT molecular complexity index is 1490. The van der Waals surface area contributed by atoms with Gasteiger partial charge in [-0.3, -0.25) is 0 Å². The summed E-state index contributed by atoms with van der Waals surface area (Å²) in [5.74, 6) is -0.600. The quantitative estimate of drug-likeness (QED) is 0.158. The Kier molecular flexibility index (Phi) is 11.8. The molecule has 5 atom stereocenters. The van der Waals surface area contributed by atoms with Gasteiger partial charge in [0.25, 0.3) is 0 Å². The van der Waals surface area contributed by atoms with Gasteiger partial charge in [-0.05, 0) is 35.7 Å². The van der Waals surface area contributed by atoms with Crippen molar-refractivity contribution in [2.45, 2.75) is 63.9 Å². The Hall–Kier alpha value is -3.70. The van der Waals surface area contributed by atoms with Crippen LogP contribution in [0.3, 0.4) is 0 Å². The minimum absolute atomic E-state index is 0.234. The molecule has 0 radical (unpaired) electrons. The standard InChI is InChI=1S/C35H37NO7S/c1-26(35(37)43-36-20-12-11-19-32(36)44)41-33-21-30(39-23-28-15-7-3-8-16-28)34(40-24-29-17-9-4-10-18-29)31(42-33)25-38-22-27-13-5-2-6-14-27/h2-20,26,30-31,33-34H,21-25H2,1H3/t26-,30+,31+,33-,34-/m0/s1. The van der Waals surface area contributed by atoms with Crippen LogP contribution < -0.4 is 4.84 Å². The second-order valence-corrected chi connectivity index (χ2v) is 10.9. The Morgan fingerprint density at radius 3 is 2.00 bits per heavy atom. The molecule has 0 spiro atoms. The van der Waals surface area contributed by atoms with Crippen LogP contribution in [0.1, 0.15) is 30.0 Å². The van der Waals surface area contributed by atoms with E-state index in [0.717, 1.165) is 16.7 Å². The molecule has 0 aliphatic carbocycles. The van der Waals surface area contributed by atoms with Crippen LogP contribution in [0.15, 0.2) is 115 Å². The molecule has 0 saturated carbocycles. The minimum Gasteiger partial charge on any atom is -0.374 e. The van der Waals surface area contributed by atoms with E-state index in [1.165, 1.54) is 4.73 Å². The van der Waals surface area contributed by atoms with Crippen LogP contribution >= 0.6 is 12.2 Å². The summed E-state index contributed by atoms with van der Waals surface area (Å²) in [7, 11) is 0. The number of benzene rings is 3. The van der Waals surface area contributed by atoms with E-state index < -0.39 is 36.7 Å². The van der Waals surface area contributed by atoms with Gasteiger partial charge in [0.1, 0.15) is 16.8 Å². The second-order valence-electron chi connectivity index (χ2n) is 10.5. The van der Waals surface area contributed by atoms with Gasteiger partial charge in [0.2, 0.25) is 0 Å². The van der Waals surface area contributed by atoms with E-state index in [1.807, 2.05) is 91.0 Å². The molecule has 230 valence electrons. The lowest BCUT2D eigenvalue weighted by atomic mass is 10.0. The van der Waals surface area contributed by atoms with E-state index in [4.69, 9.17) is 40.7 Å². The van der Waals surface area contributed by atoms with Gasteiger partial charge < -0.3 is 28.5 Å². The molecule has 4 aromatic rings. The fourth-order valence-electron chi connectivity index (χ4n) is 4.84. The van der Waals surface area contributed by atoms with Crippen molar-refractivity contribution >= 4 is 18.2 Å². The van der Waals surface area contributed by atoms with E-state index in [2.05, 4.69) is 0 Å². The Morgan fingerprint density at radius 1 is 0.818 bits per heavy atom. The highest BCUT2D eigenvalue weighted by molar-refractivity contribution is 7.71. The maximum absolute atomic E-state index is 12.9. The van der Waals surface area contributed by atoms with Crippen molar-refractivity contribution in [1.29, 1.82) is 0 Å². The molecule has 44 heavy (non-hydrogen) atoms. The third-order valence-corrected chi connectivity index (χ3v) is 7.45. The number of hydrogen-bond acceptors (Lipinski definition) is 8. The molecule has 8 nitrogen and oxygen atoms in total. The monoisotopic (exact) mass is 615 g/mol. The van der Waals surface area contributed by atoms with Crippen molar-refractivity contribution in [1.82, 2.24) is 4.73 Å². The number of rotatable bonds is 14. The van der Waals surface area contributed by atoms with Crippen molar-refractivity contribution in [2.24, 2.45) is 0 Å². The molecule has 3 aromatic carbocycles. The Balaban J connectivity index is 1.31. The molecule has 9 heteroatoms. The number of aromatic nitrogens is 1. The predicted octanol–water partition coefficient (Wildman–Crippen LogP) is 6.08. The van der Waals surface area contributed by atoms with Gasteiger partial charge in [-0.1, -0.05) is 109 Å². The Morgan fingerprint density at radius 2 is 1.39 bits per heavy atom. The summed E-state index contributed by atoms with van der Waals surface area (Å²) in [5, 5.41) is 0. The fourth-order valence-corrected chi connectivity index (χ4v) is 5.02. The highest BCUT2D eigenvalue weighted by Crippen LogP contribution is 2.29. The first-order chi connectivity index (χ1) is 21.5. The number of carbonyl (C=O) groups excluding carboxylic acids is 1. The van der Waals surface area contributed by atoms with Crippen molar-refractivity contribution in [3.8, 4) is 0 Å². The van der Waals surface area contributed by atoms with Gasteiger partial charge in [-0.2, -0.15) is 4.73 Å². The summed E-state index contributed by atoms with van der Waals surface area (Å²) in [5.41, 5.74) is 3.12. The molecule has 1 aliphatic rings. The normalized spacial score (nSPS) is 20.6. The lowest BCUT2D eigenvalue weighted by Crippen LogP contribution is -2.54. The zero-order valence-corrected chi connectivity index (χ0v) is 25.4.